The van der Waals surface area contributed by atoms with Gasteiger partial charge < -0.3 is 4.74 Å². The lowest BCUT2D eigenvalue weighted by Gasteiger charge is -2.05. The zero-order valence-electron chi connectivity index (χ0n) is 8.47. The van der Waals surface area contributed by atoms with Crippen LogP contribution in [0, 0.1) is 0 Å². The highest BCUT2D eigenvalue weighted by Crippen LogP contribution is 1.89. The molecular weight excluding hydrogens is 170 g/mol. The summed E-state index contributed by atoms with van der Waals surface area (Å²) in [6, 6.07) is 0. The van der Waals surface area contributed by atoms with Gasteiger partial charge in [0.15, 0.2) is 0 Å². The summed E-state index contributed by atoms with van der Waals surface area (Å²) >= 11 is 0. The summed E-state index contributed by atoms with van der Waals surface area (Å²) in [5.41, 5.74) is 2.22. The lowest BCUT2D eigenvalue weighted by atomic mass is 10.4. The maximum absolute atomic E-state index is 10.8. The third-order valence-electron chi connectivity index (χ3n) is 1.49. The van der Waals surface area contributed by atoms with Crippen molar-refractivity contribution in [2.75, 3.05) is 13.2 Å². The van der Waals surface area contributed by atoms with E-state index < -0.39 is 6.09 Å². The third-order valence-corrected chi connectivity index (χ3v) is 1.49. The highest BCUT2D eigenvalue weighted by Gasteiger charge is 1.99. The van der Waals surface area contributed by atoms with Crippen LogP contribution in [0.4, 0.5) is 4.79 Å². The van der Waals surface area contributed by atoms with Gasteiger partial charge >= 0.3 is 6.09 Å². The average Bonchev–Trinajstić information content (AvgIpc) is 2.13. The van der Waals surface area contributed by atoms with E-state index in [0.29, 0.717) is 13.2 Å². The van der Waals surface area contributed by atoms with E-state index >= 15 is 0 Å². The van der Waals surface area contributed by atoms with Gasteiger partial charge in [-0.25, -0.2) is 4.79 Å². The molecule has 0 rings (SSSR count). The van der Waals surface area contributed by atoms with Gasteiger partial charge in [0.05, 0.1) is 13.2 Å². The first-order valence-electron chi connectivity index (χ1n) is 4.85. The molecule has 0 unspecified atom stereocenters. The second kappa shape index (κ2) is 9.32. The molecule has 4 heteroatoms. The smallest absolute Gasteiger partial charge is 0.431 e. The van der Waals surface area contributed by atoms with Crippen LogP contribution in [0.3, 0.4) is 0 Å². The van der Waals surface area contributed by atoms with Crippen molar-refractivity contribution in [1.29, 1.82) is 0 Å². The Bertz CT molecular complexity index is 128. The Morgan fingerprint density at radius 2 is 1.77 bits per heavy atom. The van der Waals surface area contributed by atoms with Gasteiger partial charge in [0.2, 0.25) is 0 Å². The van der Waals surface area contributed by atoms with E-state index in [4.69, 9.17) is 9.57 Å². The fourth-order valence-corrected chi connectivity index (χ4v) is 0.665. The van der Waals surface area contributed by atoms with Crippen LogP contribution in [0.1, 0.15) is 39.5 Å². The average molecular weight is 189 g/mol. The molecule has 0 heterocycles. The first kappa shape index (κ1) is 12.2. The van der Waals surface area contributed by atoms with Gasteiger partial charge in [0, 0.05) is 0 Å². The van der Waals surface area contributed by atoms with Crippen molar-refractivity contribution in [2.24, 2.45) is 0 Å². The van der Waals surface area contributed by atoms with Crippen LogP contribution < -0.4 is 5.48 Å². The van der Waals surface area contributed by atoms with Gasteiger partial charge in [-0.3, -0.25) is 4.84 Å². The number of hydroxylamine groups is 1. The van der Waals surface area contributed by atoms with Crippen molar-refractivity contribution >= 4 is 6.09 Å². The Labute approximate surface area is 79.6 Å². The maximum Gasteiger partial charge on any atom is 0.431 e. The predicted octanol–water partition coefficient (Wildman–Crippen LogP) is 2.24. The van der Waals surface area contributed by atoms with Crippen molar-refractivity contribution < 1.29 is 14.4 Å². The molecule has 4 nitrogen and oxygen atoms in total. The lowest BCUT2D eigenvalue weighted by molar-refractivity contribution is 0.0263. The third kappa shape index (κ3) is 9.14. The number of nitrogens with one attached hydrogen (secondary N) is 1. The summed E-state index contributed by atoms with van der Waals surface area (Å²) in [4.78, 5) is 15.7. The Morgan fingerprint density at radius 3 is 2.38 bits per heavy atom. The molecule has 1 amide bonds. The second-order valence-corrected chi connectivity index (χ2v) is 2.79. The van der Waals surface area contributed by atoms with E-state index in [1.165, 1.54) is 0 Å². The molecule has 78 valence electrons. The van der Waals surface area contributed by atoms with Gasteiger partial charge in [-0.05, 0) is 12.8 Å². The van der Waals surface area contributed by atoms with E-state index in [-0.39, 0.29) is 0 Å². The predicted molar refractivity (Wildman–Crippen MR) is 50.3 cm³/mol. The summed E-state index contributed by atoms with van der Waals surface area (Å²) in [5.74, 6) is 0. The van der Waals surface area contributed by atoms with Crippen LogP contribution in [0.5, 0.6) is 0 Å². The summed E-state index contributed by atoms with van der Waals surface area (Å²) in [5, 5.41) is 0. The Kier molecular flexibility index (Phi) is 8.77. The molecule has 0 aromatic rings. The van der Waals surface area contributed by atoms with Crippen molar-refractivity contribution in [2.45, 2.75) is 39.5 Å². The van der Waals surface area contributed by atoms with Crippen LogP contribution in [-0.4, -0.2) is 19.3 Å². The van der Waals surface area contributed by atoms with E-state index in [9.17, 15) is 4.79 Å². The first-order chi connectivity index (χ1) is 6.31. The molecule has 1 N–H and O–H groups in total. The largest absolute Gasteiger partial charge is 0.448 e. The van der Waals surface area contributed by atoms with Crippen LogP contribution in [0.2, 0.25) is 0 Å². The number of amides is 1. The fourth-order valence-electron chi connectivity index (χ4n) is 0.665. The second-order valence-electron chi connectivity index (χ2n) is 2.79. The Morgan fingerprint density at radius 1 is 1.15 bits per heavy atom. The summed E-state index contributed by atoms with van der Waals surface area (Å²) in [7, 11) is 0. The number of hydrogen-bond acceptors (Lipinski definition) is 3. The van der Waals surface area contributed by atoms with Crippen molar-refractivity contribution in [3.63, 3.8) is 0 Å². The Hall–Kier alpha value is -0.770. The van der Waals surface area contributed by atoms with Gasteiger partial charge in [-0.1, -0.05) is 26.7 Å². The van der Waals surface area contributed by atoms with Crippen LogP contribution in [-0.2, 0) is 9.57 Å². The molecule has 13 heavy (non-hydrogen) atoms. The lowest BCUT2D eigenvalue weighted by Crippen LogP contribution is -2.25. The topological polar surface area (TPSA) is 47.6 Å². The highest BCUT2D eigenvalue weighted by atomic mass is 16.7. The van der Waals surface area contributed by atoms with Crippen LogP contribution >= 0.6 is 0 Å². The Balaban J connectivity index is 3.11. The van der Waals surface area contributed by atoms with Gasteiger partial charge in [0.25, 0.3) is 0 Å². The quantitative estimate of drug-likeness (QED) is 0.493. The number of ether oxygens (including phenoxy) is 1. The standard InChI is InChI=1S/C9H19NO3/c1-3-5-7-12-9(11)10-13-8-6-4-2/h3-8H2,1-2H3,(H,10,11). The number of unbranched alkanes of at least 4 members (excludes halogenated alkanes) is 2. The minimum atomic E-state index is -0.496. The monoisotopic (exact) mass is 189 g/mol. The minimum absolute atomic E-state index is 0.458. The van der Waals surface area contributed by atoms with Crippen molar-refractivity contribution in [3.8, 4) is 0 Å². The summed E-state index contributed by atoms with van der Waals surface area (Å²) in [6.45, 7) is 5.10. The molecule has 0 spiro atoms. The minimum Gasteiger partial charge on any atom is -0.448 e. The zero-order valence-corrected chi connectivity index (χ0v) is 8.47. The molecule has 0 aliphatic heterocycles. The first-order valence-corrected chi connectivity index (χ1v) is 4.85. The van der Waals surface area contributed by atoms with E-state index in [2.05, 4.69) is 12.4 Å². The molecule has 0 aromatic carbocycles. The van der Waals surface area contributed by atoms with Crippen LogP contribution in [0.25, 0.3) is 0 Å². The maximum atomic E-state index is 10.8. The number of carbonyl (C=O) groups excluding carboxylic acids is 1. The fraction of sp³-hybridized carbons (Fsp3) is 0.889. The molecule has 0 aromatic heterocycles. The number of hydrogen-bond donors (Lipinski definition) is 1. The van der Waals surface area contributed by atoms with E-state index in [1.54, 1.807) is 0 Å². The molecule has 0 aliphatic carbocycles. The zero-order chi connectivity index (χ0) is 9.94. The number of rotatable bonds is 7. The molecule has 0 bridgehead atoms. The van der Waals surface area contributed by atoms with E-state index in [1.807, 2.05) is 6.92 Å². The van der Waals surface area contributed by atoms with Gasteiger partial charge in [0.1, 0.15) is 0 Å². The molecule has 0 saturated heterocycles. The van der Waals surface area contributed by atoms with Gasteiger partial charge in [-0.2, -0.15) is 5.48 Å². The van der Waals surface area contributed by atoms with Gasteiger partial charge in [-0.15, -0.1) is 0 Å². The normalized spacial score (nSPS) is 9.69. The molecule has 0 atom stereocenters. The molecule has 0 saturated carbocycles. The van der Waals surface area contributed by atoms with Crippen molar-refractivity contribution in [1.82, 2.24) is 5.48 Å². The number of carbonyl (C=O) groups is 1. The summed E-state index contributed by atoms with van der Waals surface area (Å²) < 4.78 is 4.79. The van der Waals surface area contributed by atoms with E-state index in [0.717, 1.165) is 25.7 Å². The summed E-state index contributed by atoms with van der Waals surface area (Å²) in [6.07, 6.45) is 3.40. The SMILES string of the molecule is CCCCONC(=O)OCCCC. The van der Waals surface area contributed by atoms with Crippen LogP contribution in [0.15, 0.2) is 0 Å². The molecule has 0 fully saturated rings. The van der Waals surface area contributed by atoms with Crippen molar-refractivity contribution in [3.05, 3.63) is 0 Å². The molecular formula is C9H19NO3. The highest BCUT2D eigenvalue weighted by molar-refractivity contribution is 5.65. The molecule has 0 radical (unpaired) electrons. The molecule has 0 aliphatic rings.